The van der Waals surface area contributed by atoms with E-state index in [1.165, 1.54) is 5.56 Å². The van der Waals surface area contributed by atoms with Gasteiger partial charge < -0.3 is 14.7 Å². The minimum absolute atomic E-state index is 0.131. The molecule has 1 unspecified atom stereocenters. The van der Waals surface area contributed by atoms with Gasteiger partial charge in [0.2, 0.25) is 0 Å². The number of aliphatic hydroxyl groups excluding tert-OH is 1. The van der Waals surface area contributed by atoms with E-state index in [1.54, 1.807) is 0 Å². The van der Waals surface area contributed by atoms with Crippen LogP contribution in [0.3, 0.4) is 0 Å². The largest absolute Gasteiger partial charge is 0.394 e. The Kier molecular flexibility index (Phi) is 3.92. The van der Waals surface area contributed by atoms with Crippen molar-refractivity contribution in [1.82, 2.24) is 9.88 Å². The van der Waals surface area contributed by atoms with E-state index in [0.29, 0.717) is 6.04 Å². The highest BCUT2D eigenvalue weighted by molar-refractivity contribution is 5.48. The van der Waals surface area contributed by atoms with Gasteiger partial charge in [0.15, 0.2) is 0 Å². The van der Waals surface area contributed by atoms with E-state index in [9.17, 15) is 5.11 Å². The third kappa shape index (κ3) is 2.53. The Balaban J connectivity index is 1.92. The predicted octanol–water partition coefficient (Wildman–Crippen LogP) is 0.792. The number of fused-ring (bicyclic) bond motifs is 1. The van der Waals surface area contributed by atoms with Crippen molar-refractivity contribution in [3.05, 3.63) is 23.4 Å². The minimum Gasteiger partial charge on any atom is -0.394 e. The first kappa shape index (κ1) is 13.8. The van der Waals surface area contributed by atoms with Gasteiger partial charge in [0, 0.05) is 31.4 Å². The third-order valence-corrected chi connectivity index (χ3v) is 4.45. The molecule has 5 heteroatoms. The number of aliphatic hydroxyl groups is 1. The summed E-state index contributed by atoms with van der Waals surface area (Å²) >= 11 is 0. The van der Waals surface area contributed by atoms with Crippen LogP contribution in [-0.4, -0.2) is 60.5 Å². The van der Waals surface area contributed by atoms with Crippen LogP contribution in [0.1, 0.15) is 17.7 Å². The predicted molar refractivity (Wildman–Crippen MR) is 77.9 cm³/mol. The summed E-state index contributed by atoms with van der Waals surface area (Å²) < 4.78 is 5.32. The van der Waals surface area contributed by atoms with Crippen molar-refractivity contribution >= 4 is 5.82 Å². The van der Waals surface area contributed by atoms with Crippen LogP contribution in [0.15, 0.2) is 12.1 Å². The van der Waals surface area contributed by atoms with Crippen LogP contribution in [-0.2, 0) is 11.3 Å². The fourth-order valence-electron chi connectivity index (χ4n) is 2.94. The van der Waals surface area contributed by atoms with Crippen molar-refractivity contribution in [3.8, 4) is 0 Å². The number of aryl methyl sites for hydroxylation is 1. The fourth-order valence-corrected chi connectivity index (χ4v) is 2.94. The van der Waals surface area contributed by atoms with Crippen LogP contribution in [0.2, 0.25) is 0 Å². The van der Waals surface area contributed by atoms with Gasteiger partial charge in [0.05, 0.1) is 31.9 Å². The number of pyridine rings is 1. The van der Waals surface area contributed by atoms with Gasteiger partial charge >= 0.3 is 0 Å². The summed E-state index contributed by atoms with van der Waals surface area (Å²) in [6.07, 6.45) is 0.957. The maximum atomic E-state index is 9.66. The van der Waals surface area contributed by atoms with E-state index < -0.39 is 0 Å². The number of aromatic nitrogens is 1. The molecule has 1 aromatic rings. The molecule has 5 nitrogen and oxygen atoms in total. The van der Waals surface area contributed by atoms with E-state index in [0.717, 1.165) is 44.2 Å². The quantitative estimate of drug-likeness (QED) is 0.866. The lowest BCUT2D eigenvalue weighted by Gasteiger charge is -2.41. The van der Waals surface area contributed by atoms with Gasteiger partial charge in [-0.05, 0) is 19.4 Å². The van der Waals surface area contributed by atoms with E-state index in [-0.39, 0.29) is 12.6 Å². The molecule has 3 heterocycles. The summed E-state index contributed by atoms with van der Waals surface area (Å²) in [4.78, 5) is 9.29. The molecule has 1 atom stereocenters. The number of anilines is 1. The molecule has 0 saturated carbocycles. The Bertz CT molecular complexity index is 476. The maximum absolute atomic E-state index is 9.66. The number of hydrogen-bond donors (Lipinski definition) is 1. The molecule has 0 spiro atoms. The first-order chi connectivity index (χ1) is 9.69. The van der Waals surface area contributed by atoms with Crippen molar-refractivity contribution in [2.24, 2.45) is 0 Å². The molecule has 1 fully saturated rings. The molecule has 1 aromatic heterocycles. The molecule has 1 saturated heterocycles. The van der Waals surface area contributed by atoms with Crippen LogP contribution in [0, 0.1) is 6.92 Å². The molecule has 2 aliphatic heterocycles. The van der Waals surface area contributed by atoms with Crippen LogP contribution in [0.4, 0.5) is 5.82 Å². The van der Waals surface area contributed by atoms with Gasteiger partial charge in [-0.1, -0.05) is 6.07 Å². The standard InChI is InChI=1S/C15H23N3O2/c1-11-3-4-12-7-18(14-9-20-10-14)6-5-13(8-19)17(2)15(12)16-11/h3-4,13-14,19H,5-10H2,1-2H3. The Hall–Kier alpha value is -1.17. The van der Waals surface area contributed by atoms with Gasteiger partial charge in [0.1, 0.15) is 5.82 Å². The van der Waals surface area contributed by atoms with Crippen molar-refractivity contribution in [1.29, 1.82) is 0 Å². The number of ether oxygens (including phenoxy) is 1. The second-order valence-corrected chi connectivity index (χ2v) is 5.83. The Labute approximate surface area is 120 Å². The summed E-state index contributed by atoms with van der Waals surface area (Å²) in [5, 5.41) is 9.66. The van der Waals surface area contributed by atoms with Gasteiger partial charge in [-0.25, -0.2) is 4.98 Å². The first-order valence-electron chi connectivity index (χ1n) is 7.31. The monoisotopic (exact) mass is 277 g/mol. The second kappa shape index (κ2) is 5.68. The number of rotatable bonds is 2. The van der Waals surface area contributed by atoms with E-state index in [1.807, 2.05) is 14.0 Å². The summed E-state index contributed by atoms with van der Waals surface area (Å²) in [6.45, 7) is 5.75. The number of nitrogens with zero attached hydrogens (tertiary/aromatic N) is 3. The average molecular weight is 277 g/mol. The van der Waals surface area contributed by atoms with E-state index >= 15 is 0 Å². The van der Waals surface area contributed by atoms with Gasteiger partial charge in [-0.15, -0.1) is 0 Å². The normalized spacial score (nSPS) is 24.8. The number of hydrogen-bond acceptors (Lipinski definition) is 5. The molecule has 0 radical (unpaired) electrons. The molecular formula is C15H23N3O2. The molecule has 1 N–H and O–H groups in total. The van der Waals surface area contributed by atoms with Crippen LogP contribution in [0.5, 0.6) is 0 Å². The molecule has 110 valence electrons. The topological polar surface area (TPSA) is 48.8 Å². The summed E-state index contributed by atoms with van der Waals surface area (Å²) in [7, 11) is 2.04. The molecule has 0 aromatic carbocycles. The summed E-state index contributed by atoms with van der Waals surface area (Å²) in [6, 6.07) is 4.89. The van der Waals surface area contributed by atoms with E-state index in [4.69, 9.17) is 4.74 Å². The molecule has 3 rings (SSSR count). The van der Waals surface area contributed by atoms with Crippen LogP contribution < -0.4 is 4.90 Å². The Morgan fingerprint density at radius 1 is 1.40 bits per heavy atom. The Morgan fingerprint density at radius 3 is 2.85 bits per heavy atom. The van der Waals surface area contributed by atoms with Crippen molar-refractivity contribution in [2.45, 2.75) is 32.0 Å². The molecule has 0 bridgehead atoms. The van der Waals surface area contributed by atoms with E-state index in [2.05, 4.69) is 26.9 Å². The summed E-state index contributed by atoms with van der Waals surface area (Å²) in [5.74, 6) is 1.01. The average Bonchev–Trinajstić information content (AvgIpc) is 2.37. The highest BCUT2D eigenvalue weighted by Gasteiger charge is 2.30. The van der Waals surface area contributed by atoms with Gasteiger partial charge in [-0.2, -0.15) is 0 Å². The zero-order valence-corrected chi connectivity index (χ0v) is 12.2. The zero-order chi connectivity index (χ0) is 14.1. The molecule has 0 aliphatic carbocycles. The first-order valence-corrected chi connectivity index (χ1v) is 7.31. The fraction of sp³-hybridized carbons (Fsp3) is 0.667. The summed E-state index contributed by atoms with van der Waals surface area (Å²) in [5.41, 5.74) is 2.26. The highest BCUT2D eigenvalue weighted by atomic mass is 16.5. The smallest absolute Gasteiger partial charge is 0.133 e. The van der Waals surface area contributed by atoms with Crippen molar-refractivity contribution in [3.63, 3.8) is 0 Å². The lowest BCUT2D eigenvalue weighted by atomic mass is 10.1. The lowest BCUT2D eigenvalue weighted by molar-refractivity contribution is -0.0693. The maximum Gasteiger partial charge on any atom is 0.133 e. The van der Waals surface area contributed by atoms with Crippen molar-refractivity contribution in [2.75, 3.05) is 38.3 Å². The van der Waals surface area contributed by atoms with Gasteiger partial charge in [-0.3, -0.25) is 4.90 Å². The SMILES string of the molecule is Cc1ccc2c(n1)N(C)C(CO)CCN(C1COC1)C2. The van der Waals surface area contributed by atoms with Crippen LogP contribution >= 0.6 is 0 Å². The molecular weight excluding hydrogens is 254 g/mol. The molecule has 2 aliphatic rings. The minimum atomic E-state index is 0.131. The highest BCUT2D eigenvalue weighted by Crippen LogP contribution is 2.27. The number of likely N-dealkylation sites (N-methyl/N-ethyl adjacent to an activating group) is 1. The van der Waals surface area contributed by atoms with Crippen LogP contribution in [0.25, 0.3) is 0 Å². The zero-order valence-electron chi connectivity index (χ0n) is 12.2. The Morgan fingerprint density at radius 2 is 2.20 bits per heavy atom. The van der Waals surface area contributed by atoms with Gasteiger partial charge in [0.25, 0.3) is 0 Å². The third-order valence-electron chi connectivity index (χ3n) is 4.45. The molecule has 20 heavy (non-hydrogen) atoms. The molecule has 0 amide bonds. The lowest BCUT2D eigenvalue weighted by Crippen LogP contribution is -2.51. The second-order valence-electron chi connectivity index (χ2n) is 5.83. The van der Waals surface area contributed by atoms with Crippen molar-refractivity contribution < 1.29 is 9.84 Å².